The van der Waals surface area contributed by atoms with Crippen LogP contribution in [0, 0.1) is 5.92 Å². The molecule has 4 N–H and O–H groups in total. The molecule has 0 radical (unpaired) electrons. The first-order chi connectivity index (χ1) is 7.59. The fourth-order valence-corrected chi connectivity index (χ4v) is 2.55. The van der Waals surface area contributed by atoms with E-state index >= 15 is 0 Å². The Balaban J connectivity index is 2.26. The lowest BCUT2D eigenvalue weighted by Gasteiger charge is -2.30. The van der Waals surface area contributed by atoms with Gasteiger partial charge in [0.15, 0.2) is 0 Å². The zero-order chi connectivity index (χ0) is 11.7. The fourth-order valence-electron chi connectivity index (χ4n) is 2.55. The number of nitrogens with zero attached hydrogens (tertiary/aromatic N) is 1. The van der Waals surface area contributed by atoms with Gasteiger partial charge in [-0.1, -0.05) is 13.8 Å². The van der Waals surface area contributed by atoms with Gasteiger partial charge < -0.3 is 16.4 Å². The van der Waals surface area contributed by atoms with Gasteiger partial charge in [0.2, 0.25) is 0 Å². The molecular formula is C13H21N3. The van der Waals surface area contributed by atoms with E-state index in [1.165, 1.54) is 18.5 Å². The Hall–Kier alpha value is -1.38. The topological polar surface area (TPSA) is 55.3 Å². The lowest BCUT2D eigenvalue weighted by Crippen LogP contribution is -2.33. The maximum absolute atomic E-state index is 5.86. The highest BCUT2D eigenvalue weighted by Crippen LogP contribution is 2.32. The molecule has 1 aliphatic heterocycles. The standard InChI is InChI=1S/C13H21N3/c1-9(2)13-4-3-7-16(13)10-5-6-11(14)12(15)8-10/h5-6,8-9,13H,3-4,7,14-15H2,1-2H3. The van der Waals surface area contributed by atoms with E-state index in [-0.39, 0.29) is 0 Å². The number of rotatable bonds is 2. The molecule has 0 bridgehead atoms. The Kier molecular flexibility index (Phi) is 2.95. The molecule has 3 nitrogen and oxygen atoms in total. The summed E-state index contributed by atoms with van der Waals surface area (Å²) in [6.07, 6.45) is 2.55. The van der Waals surface area contributed by atoms with Crippen LogP contribution in [0.2, 0.25) is 0 Å². The molecule has 3 heteroatoms. The lowest BCUT2D eigenvalue weighted by atomic mass is 10.0. The number of nitrogens with two attached hydrogens (primary N) is 2. The van der Waals surface area contributed by atoms with Crippen molar-refractivity contribution >= 4 is 17.1 Å². The van der Waals surface area contributed by atoms with Crippen molar-refractivity contribution in [2.75, 3.05) is 22.9 Å². The maximum Gasteiger partial charge on any atom is 0.0568 e. The molecule has 0 aliphatic carbocycles. The van der Waals surface area contributed by atoms with Gasteiger partial charge in [-0.25, -0.2) is 0 Å². The summed E-state index contributed by atoms with van der Waals surface area (Å²) in [4.78, 5) is 2.46. The summed E-state index contributed by atoms with van der Waals surface area (Å²) >= 11 is 0. The summed E-state index contributed by atoms with van der Waals surface area (Å²) < 4.78 is 0. The van der Waals surface area contributed by atoms with Gasteiger partial charge in [-0.2, -0.15) is 0 Å². The van der Waals surface area contributed by atoms with E-state index in [9.17, 15) is 0 Å². The minimum atomic E-state index is 0.642. The Morgan fingerprint density at radius 2 is 2.00 bits per heavy atom. The van der Waals surface area contributed by atoms with E-state index in [4.69, 9.17) is 11.5 Å². The zero-order valence-electron chi connectivity index (χ0n) is 10.1. The number of benzene rings is 1. The van der Waals surface area contributed by atoms with Crippen LogP contribution >= 0.6 is 0 Å². The van der Waals surface area contributed by atoms with Crippen LogP contribution in [0.25, 0.3) is 0 Å². The van der Waals surface area contributed by atoms with Gasteiger partial charge in [-0.05, 0) is 37.0 Å². The summed E-state index contributed by atoms with van der Waals surface area (Å²) in [7, 11) is 0. The normalized spacial score (nSPS) is 20.7. The van der Waals surface area contributed by atoms with Crippen LogP contribution in [0.3, 0.4) is 0 Å². The smallest absolute Gasteiger partial charge is 0.0568 e. The molecule has 1 unspecified atom stereocenters. The van der Waals surface area contributed by atoms with Crippen molar-refractivity contribution in [3.63, 3.8) is 0 Å². The third kappa shape index (κ3) is 1.94. The van der Waals surface area contributed by atoms with Crippen molar-refractivity contribution in [1.82, 2.24) is 0 Å². The van der Waals surface area contributed by atoms with Gasteiger partial charge >= 0.3 is 0 Å². The number of nitrogen functional groups attached to an aromatic ring is 2. The van der Waals surface area contributed by atoms with Crippen LogP contribution in [0.15, 0.2) is 18.2 Å². The highest BCUT2D eigenvalue weighted by molar-refractivity contribution is 5.70. The highest BCUT2D eigenvalue weighted by Gasteiger charge is 2.27. The van der Waals surface area contributed by atoms with Crippen molar-refractivity contribution in [3.8, 4) is 0 Å². The minimum Gasteiger partial charge on any atom is -0.397 e. The fraction of sp³-hybridized carbons (Fsp3) is 0.538. The van der Waals surface area contributed by atoms with Crippen LogP contribution in [-0.4, -0.2) is 12.6 Å². The monoisotopic (exact) mass is 219 g/mol. The minimum absolute atomic E-state index is 0.642. The van der Waals surface area contributed by atoms with Crippen LogP contribution in [0.4, 0.5) is 17.1 Å². The molecule has 0 aromatic heterocycles. The molecule has 1 heterocycles. The van der Waals surface area contributed by atoms with Gasteiger partial charge in [0, 0.05) is 18.3 Å². The zero-order valence-corrected chi connectivity index (χ0v) is 10.1. The Bertz CT molecular complexity index is 373. The Labute approximate surface area is 97.4 Å². The van der Waals surface area contributed by atoms with Crippen molar-refractivity contribution < 1.29 is 0 Å². The number of anilines is 3. The molecule has 2 rings (SSSR count). The van der Waals surface area contributed by atoms with Crippen LogP contribution in [0.5, 0.6) is 0 Å². The van der Waals surface area contributed by atoms with Crippen LogP contribution in [-0.2, 0) is 0 Å². The van der Waals surface area contributed by atoms with E-state index in [2.05, 4.69) is 24.8 Å². The summed E-state index contributed by atoms with van der Waals surface area (Å²) in [5, 5.41) is 0. The summed E-state index contributed by atoms with van der Waals surface area (Å²) in [5.41, 5.74) is 14.2. The maximum atomic E-state index is 5.86. The van der Waals surface area contributed by atoms with Crippen molar-refractivity contribution in [3.05, 3.63) is 18.2 Å². The average molecular weight is 219 g/mol. The first-order valence-corrected chi connectivity index (χ1v) is 6.01. The van der Waals surface area contributed by atoms with E-state index in [0.717, 1.165) is 6.54 Å². The summed E-state index contributed by atoms with van der Waals surface area (Å²) in [6, 6.07) is 6.62. The number of hydrogen-bond donors (Lipinski definition) is 2. The van der Waals surface area contributed by atoms with E-state index in [0.29, 0.717) is 23.3 Å². The quantitative estimate of drug-likeness (QED) is 0.751. The molecule has 88 valence electrons. The van der Waals surface area contributed by atoms with E-state index < -0.39 is 0 Å². The van der Waals surface area contributed by atoms with Gasteiger partial charge in [-0.15, -0.1) is 0 Å². The second-order valence-electron chi connectivity index (χ2n) is 4.96. The number of hydrogen-bond acceptors (Lipinski definition) is 3. The third-order valence-electron chi connectivity index (χ3n) is 3.47. The molecule has 16 heavy (non-hydrogen) atoms. The predicted molar refractivity (Wildman–Crippen MR) is 70.5 cm³/mol. The van der Waals surface area contributed by atoms with Crippen LogP contribution in [0.1, 0.15) is 26.7 Å². The molecule has 0 saturated carbocycles. The summed E-state index contributed by atoms with van der Waals surface area (Å²) in [5.74, 6) is 0.682. The Morgan fingerprint density at radius 1 is 1.25 bits per heavy atom. The molecule has 1 aromatic rings. The molecule has 1 aromatic carbocycles. The lowest BCUT2D eigenvalue weighted by molar-refractivity contribution is 0.492. The second-order valence-corrected chi connectivity index (χ2v) is 4.96. The third-order valence-corrected chi connectivity index (χ3v) is 3.47. The largest absolute Gasteiger partial charge is 0.397 e. The molecular weight excluding hydrogens is 198 g/mol. The summed E-state index contributed by atoms with van der Waals surface area (Å²) in [6.45, 7) is 5.69. The molecule has 1 atom stereocenters. The molecule has 1 fully saturated rings. The van der Waals surface area contributed by atoms with Crippen LogP contribution < -0.4 is 16.4 Å². The Morgan fingerprint density at radius 3 is 2.62 bits per heavy atom. The van der Waals surface area contributed by atoms with Gasteiger partial charge in [0.05, 0.1) is 11.4 Å². The van der Waals surface area contributed by atoms with Gasteiger partial charge in [0.1, 0.15) is 0 Å². The van der Waals surface area contributed by atoms with Crippen molar-refractivity contribution in [2.45, 2.75) is 32.7 Å². The predicted octanol–water partition coefficient (Wildman–Crippen LogP) is 2.48. The van der Waals surface area contributed by atoms with Gasteiger partial charge in [-0.3, -0.25) is 0 Å². The second kappa shape index (κ2) is 4.24. The SMILES string of the molecule is CC(C)C1CCCN1c1ccc(N)c(N)c1. The first-order valence-electron chi connectivity index (χ1n) is 6.01. The van der Waals surface area contributed by atoms with Gasteiger partial charge in [0.25, 0.3) is 0 Å². The molecule has 0 spiro atoms. The van der Waals surface area contributed by atoms with Crippen molar-refractivity contribution in [2.24, 2.45) is 5.92 Å². The van der Waals surface area contributed by atoms with E-state index in [1.807, 2.05) is 12.1 Å². The molecule has 0 amide bonds. The first kappa shape index (κ1) is 11.1. The van der Waals surface area contributed by atoms with Crippen molar-refractivity contribution in [1.29, 1.82) is 0 Å². The van der Waals surface area contributed by atoms with E-state index in [1.54, 1.807) is 0 Å². The average Bonchev–Trinajstić information content (AvgIpc) is 2.71. The molecule has 1 aliphatic rings. The highest BCUT2D eigenvalue weighted by atomic mass is 15.2. The molecule has 1 saturated heterocycles.